The van der Waals surface area contributed by atoms with Gasteiger partial charge in [-0.1, -0.05) is 6.08 Å². The lowest BCUT2D eigenvalue weighted by Gasteiger charge is -2.28. The molecular weight excluding hydrogens is 636 g/mol. The molecule has 0 aromatic carbocycles. The third kappa shape index (κ3) is 6.70. The largest absolute Gasteiger partial charge is 0.481 e. The fraction of sp³-hybridized carbons (Fsp3) is 0.524. The molecule has 44 heavy (non-hydrogen) atoms. The Morgan fingerprint density at radius 1 is 0.955 bits per heavy atom. The van der Waals surface area contributed by atoms with E-state index in [0.29, 0.717) is 0 Å². The van der Waals surface area contributed by atoms with Gasteiger partial charge in [-0.15, -0.1) is 0 Å². The smallest absolute Gasteiger partial charge is 0.387 e. The Morgan fingerprint density at radius 2 is 1.55 bits per heavy atom. The number of nitrogens with zero attached hydrogens (tertiary/aromatic N) is 5. The molecule has 10 N–H and O–H groups in total. The van der Waals surface area contributed by atoms with E-state index in [-0.39, 0.29) is 29.0 Å². The molecule has 0 saturated carbocycles. The van der Waals surface area contributed by atoms with Crippen LogP contribution in [0.1, 0.15) is 12.6 Å². The summed E-state index contributed by atoms with van der Waals surface area (Å²) in [5.41, 5.74) is 11.6. The van der Waals surface area contributed by atoms with Crippen molar-refractivity contribution in [3.8, 4) is 0 Å². The summed E-state index contributed by atoms with van der Waals surface area (Å²) in [5, 5.41) is 41.6. The molecule has 2 unspecified atom stereocenters. The zero-order valence-electron chi connectivity index (χ0n) is 22.4. The Labute approximate surface area is 247 Å². The Morgan fingerprint density at radius 3 is 2.16 bits per heavy atom. The van der Waals surface area contributed by atoms with E-state index in [0.717, 1.165) is 6.33 Å². The van der Waals surface area contributed by atoms with Crippen LogP contribution in [0.15, 0.2) is 36.7 Å². The van der Waals surface area contributed by atoms with Crippen molar-refractivity contribution < 1.29 is 67.0 Å². The number of aromatic nitrogens is 4. The highest BCUT2D eigenvalue weighted by molar-refractivity contribution is 7.61. The van der Waals surface area contributed by atoms with Gasteiger partial charge in [0.05, 0.1) is 19.5 Å². The van der Waals surface area contributed by atoms with Crippen molar-refractivity contribution in [3.05, 3.63) is 36.7 Å². The number of ether oxygens (including phenoxy) is 2. The summed E-state index contributed by atoms with van der Waals surface area (Å²) in [7, 11) is -10.7. The van der Waals surface area contributed by atoms with E-state index >= 15 is 0 Å². The summed E-state index contributed by atoms with van der Waals surface area (Å²) in [6.45, 7) is -1.79. The predicted molar refractivity (Wildman–Crippen MR) is 142 cm³/mol. The van der Waals surface area contributed by atoms with Crippen LogP contribution < -0.4 is 11.5 Å². The first-order valence-corrected chi connectivity index (χ1v) is 15.7. The van der Waals surface area contributed by atoms with Crippen LogP contribution in [-0.2, 0) is 36.8 Å². The molecule has 23 heteroatoms. The predicted octanol–water partition coefficient (Wildman–Crippen LogP) is -2.69. The Bertz CT molecular complexity index is 1560. The standard InChI is InChI=1S/C21H29N7O14P2/c22-17-12-19(25-7-24-17)28(8-26-12)21-16(32)14(30)11(41-21)6-39-44(36,37)42-43(34,35)38-5-10-13(29)15(31)20(40-10)27-3-1-2-9(4-27)18(23)33/h1,3-4,7-8,10-11,13-16,20-21,29-32H,2,5-6H2,(H2,23,33)(H,34,35)(H,36,37)(H2,22,24,25)/t10-,11+,13-,14+,15-,16+,20-,21+/m0/s1. The van der Waals surface area contributed by atoms with Crippen molar-refractivity contribution in [3.63, 3.8) is 0 Å². The summed E-state index contributed by atoms with van der Waals surface area (Å²) in [6, 6.07) is 0. The van der Waals surface area contributed by atoms with E-state index < -0.39 is 83.8 Å². The SMILES string of the molecule is NC(=O)C1=CN([C@H]2O[C@@H](COP(=O)(O)OP(=O)(O)OC[C@H]3O[C@@H](n4cnc5c(N)ncnc54)[C@H](O)[C@@H]3O)[C@H](O)[C@@H]2O)C=CC1. The van der Waals surface area contributed by atoms with Gasteiger partial charge in [0.1, 0.15) is 48.5 Å². The Kier molecular flexibility index (Phi) is 9.23. The van der Waals surface area contributed by atoms with Crippen molar-refractivity contribution in [2.45, 2.75) is 55.5 Å². The first kappa shape index (κ1) is 32.5. The molecule has 2 aromatic rings. The second kappa shape index (κ2) is 12.5. The van der Waals surface area contributed by atoms with Gasteiger partial charge < -0.3 is 56.1 Å². The number of hydrogen-bond acceptors (Lipinski definition) is 17. The second-order valence-corrected chi connectivity index (χ2v) is 12.9. The van der Waals surface area contributed by atoms with Gasteiger partial charge in [-0.05, 0) is 6.42 Å². The highest BCUT2D eigenvalue weighted by atomic mass is 31.3. The minimum Gasteiger partial charge on any atom is -0.387 e. The maximum atomic E-state index is 12.4. The van der Waals surface area contributed by atoms with Crippen molar-refractivity contribution in [1.29, 1.82) is 0 Å². The number of aliphatic hydroxyl groups excluding tert-OH is 4. The van der Waals surface area contributed by atoms with Crippen LogP contribution in [0.3, 0.4) is 0 Å². The van der Waals surface area contributed by atoms with Crippen molar-refractivity contribution in [2.24, 2.45) is 5.73 Å². The Balaban J connectivity index is 1.15. The molecule has 5 heterocycles. The fourth-order valence-electron chi connectivity index (χ4n) is 4.68. The quantitative estimate of drug-likeness (QED) is 0.113. The molecular formula is C21H29N7O14P2. The molecule has 5 rings (SSSR count). The molecule has 1 amide bonds. The Hall–Kier alpha value is -2.88. The van der Waals surface area contributed by atoms with Crippen LogP contribution in [0.4, 0.5) is 5.82 Å². The van der Waals surface area contributed by atoms with Gasteiger partial charge in [-0.3, -0.25) is 18.4 Å². The molecule has 0 spiro atoms. The van der Waals surface area contributed by atoms with Crippen molar-refractivity contribution in [1.82, 2.24) is 24.4 Å². The number of hydrogen-bond donors (Lipinski definition) is 8. The monoisotopic (exact) mass is 665 g/mol. The highest BCUT2D eigenvalue weighted by Crippen LogP contribution is 2.60. The van der Waals surface area contributed by atoms with E-state index in [1.54, 1.807) is 6.08 Å². The number of amides is 1. The van der Waals surface area contributed by atoms with Gasteiger partial charge in [0.25, 0.3) is 0 Å². The molecule has 10 atom stereocenters. The number of phosphoric acid groups is 2. The molecule has 2 aromatic heterocycles. The third-order valence-corrected chi connectivity index (χ3v) is 9.48. The number of anilines is 1. The zero-order valence-corrected chi connectivity index (χ0v) is 24.2. The summed E-state index contributed by atoms with van der Waals surface area (Å²) < 4.78 is 50.8. The van der Waals surface area contributed by atoms with Gasteiger partial charge in [-0.2, -0.15) is 4.31 Å². The number of nitrogen functional groups attached to an aromatic ring is 1. The number of carbonyl (C=O) groups is 1. The molecule has 2 fully saturated rings. The second-order valence-electron chi connectivity index (χ2n) is 9.84. The molecule has 0 aliphatic carbocycles. The molecule has 3 aliphatic heterocycles. The number of imidazole rings is 1. The number of fused-ring (bicyclic) bond motifs is 1. The fourth-order valence-corrected chi connectivity index (χ4v) is 6.77. The number of phosphoric ester groups is 2. The van der Waals surface area contributed by atoms with Crippen molar-refractivity contribution >= 4 is 38.5 Å². The number of primary amides is 1. The number of rotatable bonds is 11. The minimum absolute atomic E-state index is 0.0517. The van der Waals surface area contributed by atoms with Gasteiger partial charge in [0.2, 0.25) is 5.91 Å². The first-order valence-electron chi connectivity index (χ1n) is 12.7. The number of carbonyl (C=O) groups excluding carboxylic acids is 1. The first-order chi connectivity index (χ1) is 20.7. The average molecular weight is 665 g/mol. The number of aliphatic hydroxyl groups is 4. The van der Waals surface area contributed by atoms with E-state index in [4.69, 9.17) is 30.0 Å². The highest BCUT2D eigenvalue weighted by Gasteiger charge is 2.48. The third-order valence-electron chi connectivity index (χ3n) is 6.88. The molecule has 0 bridgehead atoms. The summed E-state index contributed by atoms with van der Waals surface area (Å²) >= 11 is 0. The van der Waals surface area contributed by atoms with Gasteiger partial charge in [-0.25, -0.2) is 24.1 Å². The molecule has 21 nitrogen and oxygen atoms in total. The van der Waals surface area contributed by atoms with E-state index in [9.17, 15) is 44.1 Å². The lowest BCUT2D eigenvalue weighted by molar-refractivity contribution is -0.115. The average Bonchev–Trinajstić information content (AvgIpc) is 3.61. The maximum absolute atomic E-state index is 12.4. The van der Waals surface area contributed by atoms with Gasteiger partial charge in [0, 0.05) is 18.0 Å². The zero-order chi connectivity index (χ0) is 32.0. The summed E-state index contributed by atoms with van der Waals surface area (Å²) in [5.74, 6) is -0.658. The molecule has 2 saturated heterocycles. The molecule has 3 aliphatic rings. The molecule has 0 radical (unpaired) electrons. The van der Waals surface area contributed by atoms with Crippen LogP contribution in [0.25, 0.3) is 11.2 Å². The van der Waals surface area contributed by atoms with Crippen LogP contribution in [-0.4, -0.2) is 117 Å². The number of allylic oxidation sites excluding steroid dienone is 1. The minimum atomic E-state index is -5.37. The van der Waals surface area contributed by atoms with Crippen LogP contribution in [0.5, 0.6) is 0 Å². The topological polar surface area (TPSA) is 318 Å². The summed E-state index contributed by atoms with van der Waals surface area (Å²) in [6.07, 6.45) is -4.88. The van der Waals surface area contributed by atoms with Gasteiger partial charge >= 0.3 is 15.6 Å². The number of nitrogens with two attached hydrogens (primary N) is 2. The van der Waals surface area contributed by atoms with Gasteiger partial charge in [0.15, 0.2) is 23.9 Å². The lowest BCUT2D eigenvalue weighted by atomic mass is 10.1. The van der Waals surface area contributed by atoms with Crippen molar-refractivity contribution in [2.75, 3.05) is 18.9 Å². The van der Waals surface area contributed by atoms with Crippen LogP contribution >= 0.6 is 15.6 Å². The lowest BCUT2D eigenvalue weighted by Crippen LogP contribution is -2.40. The van der Waals surface area contributed by atoms with Crippen LogP contribution in [0.2, 0.25) is 0 Å². The summed E-state index contributed by atoms with van der Waals surface area (Å²) in [4.78, 5) is 44.6. The maximum Gasteiger partial charge on any atom is 0.481 e. The van der Waals surface area contributed by atoms with E-state index in [2.05, 4.69) is 19.3 Å². The normalized spacial score (nSPS) is 33.3. The molecule has 242 valence electrons. The van der Waals surface area contributed by atoms with Crippen LogP contribution in [0, 0.1) is 0 Å². The van der Waals surface area contributed by atoms with E-state index in [1.165, 1.54) is 28.2 Å². The van der Waals surface area contributed by atoms with E-state index in [1.807, 2.05) is 0 Å².